The molecule has 0 fully saturated rings. The third-order valence-electron chi connectivity index (χ3n) is 8.21. The first-order valence-corrected chi connectivity index (χ1v) is 20.2. The molecule has 264 valence electrons. The van der Waals surface area contributed by atoms with Crippen LogP contribution in [0, 0.1) is 0 Å². The Balaban J connectivity index is 3.80. The molecule has 2 unspecified atom stereocenters. The number of quaternary nitrogens is 1. The summed E-state index contributed by atoms with van der Waals surface area (Å²) >= 11 is 0. The van der Waals surface area contributed by atoms with Gasteiger partial charge in [0.1, 0.15) is 6.10 Å². The smallest absolute Gasteiger partial charge is 0.379 e. The fourth-order valence-corrected chi connectivity index (χ4v) is 7.72. The van der Waals surface area contributed by atoms with Gasteiger partial charge in [-0.3, -0.25) is 4.57 Å². The molecule has 0 aromatic carbocycles. The predicted octanol–water partition coefficient (Wildman–Crippen LogP) is 11.2. The molecule has 0 rings (SSSR count). The lowest BCUT2D eigenvalue weighted by atomic mass is 10.0. The molecule has 0 saturated heterocycles. The zero-order valence-electron chi connectivity index (χ0n) is 30.8. The van der Waals surface area contributed by atoms with Gasteiger partial charge in [-0.1, -0.05) is 122 Å². The van der Waals surface area contributed by atoms with Gasteiger partial charge in [0.25, 0.3) is 0 Å². The number of nitrogens with zero attached hydrogens (tertiary/aromatic N) is 1. The first-order chi connectivity index (χ1) is 20.8. The van der Waals surface area contributed by atoms with Gasteiger partial charge in [-0.05, 0) is 52.9 Å². The number of unbranched alkanes of at least 4 members (excludes halogenated alkanes) is 18. The molecule has 0 saturated carbocycles. The van der Waals surface area contributed by atoms with Crippen LogP contribution in [0.2, 0.25) is 0 Å². The second-order valence-corrected chi connectivity index (χ2v) is 16.8. The molecular formula is C37H77NO5P+. The first kappa shape index (κ1) is 43.8. The Kier molecular flexibility index (Phi) is 26.7. The molecule has 0 radical (unpaired) electrons. The van der Waals surface area contributed by atoms with E-state index in [4.69, 9.17) is 14.0 Å². The molecule has 0 aliphatic heterocycles. The average molecular weight is 647 g/mol. The van der Waals surface area contributed by atoms with E-state index >= 15 is 0 Å². The molecule has 7 heteroatoms. The minimum absolute atomic E-state index is 0.0517. The molecule has 0 amide bonds. The Morgan fingerprint density at radius 2 is 1.11 bits per heavy atom. The highest BCUT2D eigenvalue weighted by Gasteiger charge is 2.42. The topological polar surface area (TPSA) is 65.0 Å². The average Bonchev–Trinajstić information content (AvgIpc) is 2.92. The van der Waals surface area contributed by atoms with E-state index in [1.165, 1.54) is 122 Å². The summed E-state index contributed by atoms with van der Waals surface area (Å²) < 4.78 is 31.0. The van der Waals surface area contributed by atoms with Crippen molar-refractivity contribution in [3.05, 3.63) is 12.2 Å². The summed E-state index contributed by atoms with van der Waals surface area (Å²) in [5, 5.41) is 0. The predicted molar refractivity (Wildman–Crippen MR) is 190 cm³/mol. The summed E-state index contributed by atoms with van der Waals surface area (Å²) in [5.41, 5.74) is -0.386. The van der Waals surface area contributed by atoms with Crippen LogP contribution >= 0.6 is 7.60 Å². The largest absolute Gasteiger partial charge is 0.385 e. The molecule has 0 aliphatic carbocycles. The van der Waals surface area contributed by atoms with Crippen molar-refractivity contribution in [1.29, 1.82) is 0 Å². The van der Waals surface area contributed by atoms with Gasteiger partial charge < -0.3 is 23.4 Å². The third kappa shape index (κ3) is 26.9. The fraction of sp³-hybridized carbons (Fsp3) is 0.946. The van der Waals surface area contributed by atoms with Gasteiger partial charge in [-0.15, -0.1) is 0 Å². The number of hydrogen-bond donors (Lipinski definition) is 1. The maximum atomic E-state index is 13.0. The lowest BCUT2D eigenvalue weighted by molar-refractivity contribution is -0.883. The van der Waals surface area contributed by atoms with E-state index < -0.39 is 13.4 Å². The summed E-state index contributed by atoms with van der Waals surface area (Å²) in [4.78, 5) is 10.6. The SMILES string of the molecule is CCCCCCCCCCCCC/C=C\CCCCCCCCCOC[C@H](COP(=O)(O)C(CC)[N+](C)(C)C)OC(C)(C)C. The minimum Gasteiger partial charge on any atom is -0.379 e. The quantitative estimate of drug-likeness (QED) is 0.0351. The van der Waals surface area contributed by atoms with Crippen LogP contribution in [0.3, 0.4) is 0 Å². The van der Waals surface area contributed by atoms with Crippen LogP contribution < -0.4 is 0 Å². The van der Waals surface area contributed by atoms with E-state index in [2.05, 4.69) is 19.1 Å². The summed E-state index contributed by atoms with van der Waals surface area (Å²) in [6, 6.07) is 0. The minimum atomic E-state index is -3.79. The Bertz CT molecular complexity index is 716. The third-order valence-corrected chi connectivity index (χ3v) is 10.5. The first-order valence-electron chi connectivity index (χ1n) is 18.5. The molecule has 3 atom stereocenters. The van der Waals surface area contributed by atoms with Gasteiger partial charge in [0, 0.05) is 13.0 Å². The Hall–Kier alpha value is -0.230. The highest BCUT2D eigenvalue weighted by atomic mass is 31.2. The highest BCUT2D eigenvalue weighted by Crippen LogP contribution is 2.51. The molecular weight excluding hydrogens is 569 g/mol. The number of rotatable bonds is 31. The number of ether oxygens (including phenoxy) is 2. The molecule has 0 aromatic heterocycles. The monoisotopic (exact) mass is 647 g/mol. The molecule has 44 heavy (non-hydrogen) atoms. The van der Waals surface area contributed by atoms with Crippen LogP contribution in [0.25, 0.3) is 0 Å². The van der Waals surface area contributed by atoms with Crippen molar-refractivity contribution in [2.75, 3.05) is 41.0 Å². The van der Waals surface area contributed by atoms with E-state index in [1.54, 1.807) is 0 Å². The molecule has 0 heterocycles. The molecule has 0 bridgehead atoms. The second-order valence-electron chi connectivity index (χ2n) is 14.9. The summed E-state index contributed by atoms with van der Waals surface area (Å²) in [6.45, 7) is 11.3. The van der Waals surface area contributed by atoms with Gasteiger partial charge >= 0.3 is 7.60 Å². The van der Waals surface area contributed by atoms with Gasteiger partial charge in [0.2, 0.25) is 0 Å². The zero-order valence-corrected chi connectivity index (χ0v) is 31.6. The standard InChI is InChI=1S/C37H76NO5P/c1-9-11-12-13-14-15-16-17-18-19-20-21-22-23-24-25-26-27-28-29-30-31-32-41-33-35(43-37(3,4)5)34-42-44(39,40)36(10-2)38(6,7)8/h22-23,35-36H,9-21,24-34H2,1-8H3/p+1/b23-22-/t35-,36?/m1/s1. The number of hydrogen-bond acceptors (Lipinski definition) is 4. The van der Waals surface area contributed by atoms with E-state index in [-0.39, 0.29) is 18.3 Å². The lowest BCUT2D eigenvalue weighted by Gasteiger charge is -2.36. The van der Waals surface area contributed by atoms with Crippen LogP contribution in [0.4, 0.5) is 0 Å². The van der Waals surface area contributed by atoms with E-state index in [9.17, 15) is 9.46 Å². The maximum absolute atomic E-state index is 13.0. The van der Waals surface area contributed by atoms with Crippen LogP contribution in [-0.2, 0) is 18.6 Å². The van der Waals surface area contributed by atoms with Crippen molar-refractivity contribution in [2.45, 2.75) is 187 Å². The molecule has 0 aliphatic rings. The Morgan fingerprint density at radius 1 is 0.682 bits per heavy atom. The van der Waals surface area contributed by atoms with E-state index in [1.807, 2.05) is 48.8 Å². The van der Waals surface area contributed by atoms with Crippen LogP contribution in [0.15, 0.2) is 12.2 Å². The van der Waals surface area contributed by atoms with E-state index in [0.717, 1.165) is 6.42 Å². The fourth-order valence-electron chi connectivity index (χ4n) is 5.84. The van der Waals surface area contributed by atoms with Gasteiger partial charge in [0.15, 0.2) is 5.78 Å². The van der Waals surface area contributed by atoms with Gasteiger partial charge in [0.05, 0.1) is 40.0 Å². The molecule has 0 aromatic rings. The van der Waals surface area contributed by atoms with Crippen molar-refractivity contribution in [3.8, 4) is 0 Å². The summed E-state index contributed by atoms with van der Waals surface area (Å²) in [7, 11) is 1.97. The van der Waals surface area contributed by atoms with Crippen molar-refractivity contribution < 1.29 is 27.9 Å². The highest BCUT2D eigenvalue weighted by molar-refractivity contribution is 7.53. The molecule has 0 spiro atoms. The van der Waals surface area contributed by atoms with Crippen LogP contribution in [0.5, 0.6) is 0 Å². The zero-order chi connectivity index (χ0) is 33.2. The summed E-state index contributed by atoms with van der Waals surface area (Å²) in [5.74, 6) is -0.473. The van der Waals surface area contributed by atoms with Crippen molar-refractivity contribution in [3.63, 3.8) is 0 Å². The normalized spacial score (nSPS) is 15.6. The summed E-state index contributed by atoms with van der Waals surface area (Å²) in [6.07, 6.45) is 31.8. The van der Waals surface area contributed by atoms with Gasteiger partial charge in [-0.2, -0.15) is 0 Å². The van der Waals surface area contributed by atoms with E-state index in [0.29, 0.717) is 24.1 Å². The maximum Gasteiger partial charge on any atom is 0.385 e. The number of allylic oxidation sites excluding steroid dienone is 2. The Morgan fingerprint density at radius 3 is 1.52 bits per heavy atom. The second kappa shape index (κ2) is 26.8. The van der Waals surface area contributed by atoms with Crippen molar-refractivity contribution in [2.24, 2.45) is 0 Å². The van der Waals surface area contributed by atoms with Crippen LogP contribution in [0.1, 0.15) is 169 Å². The van der Waals surface area contributed by atoms with Crippen LogP contribution in [-0.4, -0.2) is 67.8 Å². The Labute approximate surface area is 275 Å². The molecule has 1 N–H and O–H groups in total. The van der Waals surface area contributed by atoms with Crippen molar-refractivity contribution >= 4 is 7.60 Å². The van der Waals surface area contributed by atoms with Crippen molar-refractivity contribution in [1.82, 2.24) is 0 Å². The van der Waals surface area contributed by atoms with Gasteiger partial charge in [-0.25, -0.2) is 0 Å². The lowest BCUT2D eigenvalue weighted by Crippen LogP contribution is -2.45. The molecule has 6 nitrogen and oxygen atoms in total.